The van der Waals surface area contributed by atoms with E-state index in [1.807, 2.05) is 6.92 Å². The quantitative estimate of drug-likeness (QED) is 0.914. The molecule has 1 aliphatic rings. The van der Waals surface area contributed by atoms with Crippen molar-refractivity contribution in [1.82, 2.24) is 5.32 Å². The Kier molecular flexibility index (Phi) is 4.84. The van der Waals surface area contributed by atoms with Crippen molar-refractivity contribution >= 4 is 5.91 Å². The van der Waals surface area contributed by atoms with E-state index in [1.54, 1.807) is 6.07 Å². The van der Waals surface area contributed by atoms with E-state index in [1.165, 1.54) is 43.2 Å². The lowest BCUT2D eigenvalue weighted by molar-refractivity contribution is 0.0939. The molecule has 2 aromatic carbocycles. The molecule has 3 nitrogen and oxygen atoms in total. The van der Waals surface area contributed by atoms with Crippen molar-refractivity contribution in [3.8, 4) is 5.75 Å². The highest BCUT2D eigenvalue weighted by molar-refractivity contribution is 5.94. The summed E-state index contributed by atoms with van der Waals surface area (Å²) < 4.78 is 18.6. The van der Waals surface area contributed by atoms with Crippen LogP contribution in [0.4, 0.5) is 4.39 Å². The first kappa shape index (κ1) is 16.5. The highest BCUT2D eigenvalue weighted by Crippen LogP contribution is 2.25. The Bertz CT molecular complexity index is 757. The van der Waals surface area contributed by atoms with Gasteiger partial charge in [0.2, 0.25) is 0 Å². The Hall–Kier alpha value is -2.36. The maximum absolute atomic E-state index is 13.8. The van der Waals surface area contributed by atoms with Gasteiger partial charge in [-0.25, -0.2) is 4.39 Å². The van der Waals surface area contributed by atoms with E-state index in [-0.39, 0.29) is 23.3 Å². The molecule has 24 heavy (non-hydrogen) atoms. The first-order valence-corrected chi connectivity index (χ1v) is 8.34. The largest absolute Gasteiger partial charge is 0.494 e. The van der Waals surface area contributed by atoms with Crippen LogP contribution >= 0.6 is 0 Å². The third kappa shape index (κ3) is 3.42. The second-order valence-corrected chi connectivity index (χ2v) is 6.28. The summed E-state index contributed by atoms with van der Waals surface area (Å²) >= 11 is 0. The minimum Gasteiger partial charge on any atom is -0.494 e. The van der Waals surface area contributed by atoms with Crippen molar-refractivity contribution in [2.75, 3.05) is 7.11 Å². The van der Waals surface area contributed by atoms with E-state index in [4.69, 9.17) is 4.74 Å². The molecule has 1 atom stereocenters. The number of hydrogen-bond acceptors (Lipinski definition) is 2. The van der Waals surface area contributed by atoms with Crippen LogP contribution in [0.25, 0.3) is 0 Å². The molecule has 0 fully saturated rings. The summed E-state index contributed by atoms with van der Waals surface area (Å²) in [5.41, 5.74) is 4.17. The number of fused-ring (bicyclic) bond motifs is 1. The first-order valence-electron chi connectivity index (χ1n) is 8.34. The zero-order valence-electron chi connectivity index (χ0n) is 14.1. The van der Waals surface area contributed by atoms with Gasteiger partial charge >= 0.3 is 0 Å². The Morgan fingerprint density at radius 2 is 1.88 bits per heavy atom. The number of benzene rings is 2. The minimum absolute atomic E-state index is 0.130. The van der Waals surface area contributed by atoms with Crippen molar-refractivity contribution in [1.29, 1.82) is 0 Å². The Morgan fingerprint density at radius 3 is 2.58 bits per heavy atom. The van der Waals surface area contributed by atoms with Crippen LogP contribution in [0.2, 0.25) is 0 Å². The van der Waals surface area contributed by atoms with Crippen molar-refractivity contribution in [2.24, 2.45) is 0 Å². The summed E-state index contributed by atoms with van der Waals surface area (Å²) in [4.78, 5) is 12.4. The lowest BCUT2D eigenvalue weighted by atomic mass is 9.89. The van der Waals surface area contributed by atoms with Crippen LogP contribution in [-0.2, 0) is 12.8 Å². The Morgan fingerprint density at radius 1 is 1.12 bits per heavy atom. The molecule has 1 amide bonds. The minimum atomic E-state index is -0.536. The molecular formula is C20H22FNO2. The summed E-state index contributed by atoms with van der Waals surface area (Å²) in [6.45, 7) is 1.95. The molecule has 0 saturated heterocycles. The topological polar surface area (TPSA) is 38.3 Å². The van der Waals surface area contributed by atoms with Gasteiger partial charge in [0, 0.05) is 5.56 Å². The van der Waals surface area contributed by atoms with Gasteiger partial charge in [0.25, 0.3) is 5.91 Å². The van der Waals surface area contributed by atoms with Gasteiger partial charge in [-0.1, -0.05) is 18.2 Å². The summed E-state index contributed by atoms with van der Waals surface area (Å²) in [6, 6.07) is 10.5. The van der Waals surface area contributed by atoms with E-state index in [9.17, 15) is 9.18 Å². The molecule has 4 heteroatoms. The number of aryl methyl sites for hydroxylation is 2. The van der Waals surface area contributed by atoms with Gasteiger partial charge in [-0.2, -0.15) is 0 Å². The number of carbonyl (C=O) groups excluding carboxylic acids is 1. The number of carbonyl (C=O) groups is 1. The standard InChI is InChI=1S/C20H22FNO2/c1-13(15-8-7-14-5-3-4-6-16(14)11-15)22-20(23)17-9-10-19(24-2)18(21)12-17/h7-13H,3-6H2,1-2H3,(H,22,23)/t13-/m0/s1. The lowest BCUT2D eigenvalue weighted by Gasteiger charge is -2.20. The van der Waals surface area contributed by atoms with Crippen molar-refractivity contribution < 1.29 is 13.9 Å². The molecule has 0 aliphatic heterocycles. The van der Waals surface area contributed by atoms with Gasteiger partial charge < -0.3 is 10.1 Å². The highest BCUT2D eigenvalue weighted by Gasteiger charge is 2.16. The molecule has 0 saturated carbocycles. The number of methoxy groups -OCH3 is 1. The zero-order valence-corrected chi connectivity index (χ0v) is 14.1. The predicted octanol–water partition coefficient (Wildman–Crippen LogP) is 4.20. The number of amides is 1. The molecule has 0 spiro atoms. The van der Waals surface area contributed by atoms with Gasteiger partial charge in [0.05, 0.1) is 13.2 Å². The van der Waals surface area contributed by atoms with Gasteiger partial charge in [-0.15, -0.1) is 0 Å². The van der Waals surface area contributed by atoms with Crippen LogP contribution in [0.5, 0.6) is 5.75 Å². The molecule has 0 radical (unpaired) electrons. The van der Waals surface area contributed by atoms with Crippen molar-refractivity contribution in [2.45, 2.75) is 38.6 Å². The summed E-state index contributed by atoms with van der Waals surface area (Å²) in [7, 11) is 1.40. The van der Waals surface area contributed by atoms with E-state index < -0.39 is 5.82 Å². The summed E-state index contributed by atoms with van der Waals surface area (Å²) in [5.74, 6) is -0.692. The number of ether oxygens (including phenoxy) is 1. The normalized spacial score (nSPS) is 14.6. The molecular weight excluding hydrogens is 305 g/mol. The monoisotopic (exact) mass is 327 g/mol. The van der Waals surface area contributed by atoms with Crippen LogP contribution in [-0.4, -0.2) is 13.0 Å². The van der Waals surface area contributed by atoms with Crippen LogP contribution in [0, 0.1) is 5.82 Å². The molecule has 0 bridgehead atoms. The fourth-order valence-corrected chi connectivity index (χ4v) is 3.19. The van der Waals surface area contributed by atoms with E-state index >= 15 is 0 Å². The number of hydrogen-bond donors (Lipinski definition) is 1. The number of nitrogens with one attached hydrogen (secondary N) is 1. The van der Waals surface area contributed by atoms with Gasteiger partial charge in [0.15, 0.2) is 11.6 Å². The molecule has 0 unspecified atom stereocenters. The van der Waals surface area contributed by atoms with Gasteiger partial charge in [0.1, 0.15) is 0 Å². The average Bonchev–Trinajstić information content (AvgIpc) is 2.61. The molecule has 0 heterocycles. The second-order valence-electron chi connectivity index (χ2n) is 6.28. The van der Waals surface area contributed by atoms with E-state index in [0.29, 0.717) is 0 Å². The molecule has 126 valence electrons. The SMILES string of the molecule is COc1ccc(C(=O)N[C@@H](C)c2ccc3c(c2)CCCC3)cc1F. The molecule has 1 aliphatic carbocycles. The maximum atomic E-state index is 13.8. The first-order chi connectivity index (χ1) is 11.6. The van der Waals surface area contributed by atoms with Crippen LogP contribution in [0.15, 0.2) is 36.4 Å². The fraction of sp³-hybridized carbons (Fsp3) is 0.350. The van der Waals surface area contributed by atoms with Gasteiger partial charge in [-0.3, -0.25) is 4.79 Å². The van der Waals surface area contributed by atoms with Crippen LogP contribution in [0.1, 0.15) is 52.9 Å². The lowest BCUT2D eigenvalue weighted by Crippen LogP contribution is -2.27. The Balaban J connectivity index is 1.73. The van der Waals surface area contributed by atoms with Crippen LogP contribution < -0.4 is 10.1 Å². The van der Waals surface area contributed by atoms with Crippen LogP contribution in [0.3, 0.4) is 0 Å². The zero-order chi connectivity index (χ0) is 17.1. The smallest absolute Gasteiger partial charge is 0.251 e. The Labute approximate surface area is 141 Å². The summed E-state index contributed by atoms with van der Waals surface area (Å²) in [5, 5.41) is 2.94. The average molecular weight is 327 g/mol. The molecule has 3 rings (SSSR count). The highest BCUT2D eigenvalue weighted by atomic mass is 19.1. The van der Waals surface area contributed by atoms with Crippen molar-refractivity contribution in [3.63, 3.8) is 0 Å². The third-order valence-electron chi connectivity index (χ3n) is 4.63. The van der Waals surface area contributed by atoms with E-state index in [2.05, 4.69) is 23.5 Å². The van der Waals surface area contributed by atoms with Gasteiger partial charge in [-0.05, 0) is 67.5 Å². The fourth-order valence-electron chi connectivity index (χ4n) is 3.19. The van der Waals surface area contributed by atoms with Crippen molar-refractivity contribution in [3.05, 3.63) is 64.5 Å². The maximum Gasteiger partial charge on any atom is 0.251 e. The predicted molar refractivity (Wildman–Crippen MR) is 91.9 cm³/mol. The molecule has 2 aromatic rings. The second kappa shape index (κ2) is 7.04. The molecule has 0 aromatic heterocycles. The number of rotatable bonds is 4. The third-order valence-corrected chi connectivity index (χ3v) is 4.63. The number of halogens is 1. The molecule has 1 N–H and O–H groups in total. The summed E-state index contributed by atoms with van der Waals surface area (Å²) in [6.07, 6.45) is 4.72. The van der Waals surface area contributed by atoms with E-state index in [0.717, 1.165) is 18.4 Å².